The van der Waals surface area contributed by atoms with Crippen LogP contribution in [-0.2, 0) is 0 Å². The predicted molar refractivity (Wildman–Crippen MR) is 113 cm³/mol. The van der Waals surface area contributed by atoms with Crippen LogP contribution < -0.4 is 10.9 Å². The quantitative estimate of drug-likeness (QED) is 0.435. The predicted octanol–water partition coefficient (Wildman–Crippen LogP) is 3.74. The molecule has 5 rings (SSSR count). The number of nitrogens with one attached hydrogen (secondary N) is 1. The van der Waals surface area contributed by atoms with Gasteiger partial charge in [-0.05, 0) is 52.3 Å². The Balaban J connectivity index is 1.78. The smallest absolute Gasteiger partial charge is 0.295 e. The Kier molecular flexibility index (Phi) is 4.40. The van der Waals surface area contributed by atoms with Crippen LogP contribution >= 0.6 is 15.9 Å². The molecule has 146 valence electrons. The molecule has 8 nitrogen and oxygen atoms in total. The van der Waals surface area contributed by atoms with Crippen LogP contribution in [0.25, 0.3) is 27.9 Å². The third-order valence-electron chi connectivity index (χ3n) is 4.38. The standard InChI is InChI=1S/C20H11BrFN7O/c21-13-2-1-3-14-16(13)18-27-17(11-4-6-12(22)7-5-11)28-29(18)20(25-14)26-15-10-23-8-9-24-19(15)30/h1-10H,(H,24,25,26,30). The Bertz CT molecular complexity index is 1470. The van der Waals surface area contributed by atoms with Gasteiger partial charge in [0.2, 0.25) is 5.95 Å². The van der Waals surface area contributed by atoms with Crippen LogP contribution in [0, 0.1) is 5.82 Å². The van der Waals surface area contributed by atoms with E-state index in [1.165, 1.54) is 35.2 Å². The summed E-state index contributed by atoms with van der Waals surface area (Å²) in [4.78, 5) is 29.2. The number of aromatic nitrogens is 6. The Morgan fingerprint density at radius 3 is 2.70 bits per heavy atom. The first-order valence-electron chi connectivity index (χ1n) is 8.78. The van der Waals surface area contributed by atoms with Crippen molar-refractivity contribution in [1.82, 2.24) is 29.5 Å². The van der Waals surface area contributed by atoms with Crippen molar-refractivity contribution >= 4 is 44.1 Å². The van der Waals surface area contributed by atoms with Gasteiger partial charge in [0.1, 0.15) is 11.5 Å². The molecule has 0 aliphatic heterocycles. The third-order valence-corrected chi connectivity index (χ3v) is 5.04. The van der Waals surface area contributed by atoms with Crippen molar-refractivity contribution in [3.8, 4) is 11.4 Å². The first-order valence-corrected chi connectivity index (χ1v) is 9.58. The van der Waals surface area contributed by atoms with E-state index in [1.807, 2.05) is 18.2 Å². The molecule has 0 bridgehead atoms. The Hall–Kier alpha value is -3.79. The van der Waals surface area contributed by atoms with Gasteiger partial charge in [-0.2, -0.15) is 4.52 Å². The van der Waals surface area contributed by atoms with E-state index >= 15 is 0 Å². The van der Waals surface area contributed by atoms with Crippen LogP contribution in [-0.4, -0.2) is 29.5 Å². The number of nitrogens with zero attached hydrogens (tertiary/aromatic N) is 6. The minimum Gasteiger partial charge on any atom is -0.318 e. The van der Waals surface area contributed by atoms with Crippen LogP contribution in [0.2, 0.25) is 0 Å². The number of anilines is 2. The highest BCUT2D eigenvalue weighted by Gasteiger charge is 2.17. The lowest BCUT2D eigenvalue weighted by Crippen LogP contribution is -2.12. The summed E-state index contributed by atoms with van der Waals surface area (Å²) in [6.07, 6.45) is 4.09. The van der Waals surface area contributed by atoms with E-state index in [1.54, 1.807) is 12.1 Å². The first-order chi connectivity index (χ1) is 14.6. The van der Waals surface area contributed by atoms with E-state index in [0.717, 1.165) is 9.86 Å². The van der Waals surface area contributed by atoms with Gasteiger partial charge in [0, 0.05) is 22.4 Å². The molecule has 0 unspecified atom stereocenters. The van der Waals surface area contributed by atoms with Gasteiger partial charge in [0.25, 0.3) is 5.56 Å². The highest BCUT2D eigenvalue weighted by atomic mass is 79.9. The van der Waals surface area contributed by atoms with Gasteiger partial charge in [-0.1, -0.05) is 6.07 Å². The molecule has 0 aliphatic carbocycles. The highest BCUT2D eigenvalue weighted by molar-refractivity contribution is 9.10. The number of benzene rings is 2. The largest absolute Gasteiger partial charge is 0.318 e. The molecule has 30 heavy (non-hydrogen) atoms. The van der Waals surface area contributed by atoms with Crippen molar-refractivity contribution in [3.63, 3.8) is 0 Å². The molecular weight excluding hydrogens is 453 g/mol. The molecule has 3 aromatic heterocycles. The minimum atomic E-state index is -0.490. The second-order valence-electron chi connectivity index (χ2n) is 6.30. The van der Waals surface area contributed by atoms with E-state index in [0.29, 0.717) is 22.6 Å². The fourth-order valence-corrected chi connectivity index (χ4v) is 3.53. The van der Waals surface area contributed by atoms with E-state index in [-0.39, 0.29) is 17.5 Å². The van der Waals surface area contributed by atoms with Crippen LogP contribution in [0.1, 0.15) is 0 Å². The molecule has 0 saturated heterocycles. The number of hydrogen-bond acceptors (Lipinski definition) is 7. The second-order valence-corrected chi connectivity index (χ2v) is 7.15. The van der Waals surface area contributed by atoms with Crippen LogP contribution in [0.5, 0.6) is 0 Å². The summed E-state index contributed by atoms with van der Waals surface area (Å²) in [5.41, 5.74) is 1.46. The molecule has 0 radical (unpaired) electrons. The normalized spacial score (nSPS) is 11.1. The average Bonchev–Trinajstić information content (AvgIpc) is 3.08. The topological polar surface area (TPSA) is 98.0 Å². The van der Waals surface area contributed by atoms with Crippen LogP contribution in [0.3, 0.4) is 0 Å². The molecule has 0 aliphatic rings. The summed E-state index contributed by atoms with van der Waals surface area (Å²) in [6.45, 7) is 0. The summed E-state index contributed by atoms with van der Waals surface area (Å²) in [5.74, 6) is 0.309. The highest BCUT2D eigenvalue weighted by Crippen LogP contribution is 2.30. The Labute approximate surface area is 176 Å². The number of hydrogen-bond donors (Lipinski definition) is 1. The lowest BCUT2D eigenvalue weighted by molar-refractivity contribution is 0.628. The van der Waals surface area contributed by atoms with E-state index in [9.17, 15) is 9.18 Å². The zero-order valence-corrected chi connectivity index (χ0v) is 16.7. The second kappa shape index (κ2) is 7.23. The van der Waals surface area contributed by atoms with Gasteiger partial charge in [-0.25, -0.2) is 19.3 Å². The average molecular weight is 464 g/mol. The maximum absolute atomic E-state index is 13.3. The molecule has 0 atom stereocenters. The zero-order chi connectivity index (χ0) is 20.7. The molecule has 3 heterocycles. The number of fused-ring (bicyclic) bond motifs is 3. The number of rotatable bonds is 3. The van der Waals surface area contributed by atoms with Crippen LogP contribution in [0.4, 0.5) is 16.0 Å². The van der Waals surface area contributed by atoms with Gasteiger partial charge >= 0.3 is 0 Å². The molecule has 0 saturated carbocycles. The Morgan fingerprint density at radius 1 is 1.03 bits per heavy atom. The fourth-order valence-electron chi connectivity index (χ4n) is 3.00. The summed E-state index contributed by atoms with van der Waals surface area (Å²) in [6, 6.07) is 11.4. The first kappa shape index (κ1) is 18.3. The van der Waals surface area contributed by atoms with E-state index < -0.39 is 5.56 Å². The lowest BCUT2D eigenvalue weighted by atomic mass is 10.2. The van der Waals surface area contributed by atoms with Crippen molar-refractivity contribution in [2.75, 3.05) is 5.32 Å². The van der Waals surface area contributed by atoms with Crippen molar-refractivity contribution in [2.24, 2.45) is 0 Å². The fraction of sp³-hybridized carbons (Fsp3) is 0. The third kappa shape index (κ3) is 3.16. The van der Waals surface area contributed by atoms with Crippen molar-refractivity contribution in [1.29, 1.82) is 0 Å². The van der Waals surface area contributed by atoms with E-state index in [2.05, 4.69) is 46.3 Å². The van der Waals surface area contributed by atoms with Crippen molar-refractivity contribution in [3.05, 3.63) is 81.7 Å². The summed E-state index contributed by atoms with van der Waals surface area (Å²) >= 11 is 3.54. The van der Waals surface area contributed by atoms with Gasteiger partial charge in [-0.3, -0.25) is 9.78 Å². The molecule has 0 amide bonds. The summed E-state index contributed by atoms with van der Waals surface area (Å²) in [5, 5.41) is 8.25. The van der Waals surface area contributed by atoms with E-state index in [4.69, 9.17) is 0 Å². The van der Waals surface area contributed by atoms with Gasteiger partial charge in [0.15, 0.2) is 11.5 Å². The van der Waals surface area contributed by atoms with Crippen molar-refractivity contribution < 1.29 is 4.39 Å². The molecule has 2 aromatic carbocycles. The monoisotopic (exact) mass is 463 g/mol. The summed E-state index contributed by atoms with van der Waals surface area (Å²) in [7, 11) is 0. The van der Waals surface area contributed by atoms with Crippen molar-refractivity contribution in [2.45, 2.75) is 0 Å². The summed E-state index contributed by atoms with van der Waals surface area (Å²) < 4.78 is 15.6. The molecular formula is C20H11BrFN7O. The minimum absolute atomic E-state index is 0.141. The van der Waals surface area contributed by atoms with Gasteiger partial charge < -0.3 is 5.32 Å². The Morgan fingerprint density at radius 2 is 1.87 bits per heavy atom. The maximum Gasteiger partial charge on any atom is 0.295 e. The lowest BCUT2D eigenvalue weighted by Gasteiger charge is -2.08. The molecule has 0 spiro atoms. The number of halogens is 2. The van der Waals surface area contributed by atoms with Gasteiger partial charge in [0.05, 0.1) is 17.1 Å². The molecule has 0 fully saturated rings. The molecule has 5 aromatic rings. The van der Waals surface area contributed by atoms with Crippen LogP contribution in [0.15, 0.2) is 70.3 Å². The SMILES string of the molecule is O=c1nccncc1Nc1nc2cccc(Br)c2c2nc(-c3ccc(F)cc3)nn12. The molecule has 1 N–H and O–H groups in total. The molecule has 10 heteroatoms. The maximum atomic E-state index is 13.3. The van der Waals surface area contributed by atoms with Gasteiger partial charge in [-0.15, -0.1) is 5.10 Å². The zero-order valence-electron chi connectivity index (χ0n) is 15.1.